The lowest BCUT2D eigenvalue weighted by Crippen LogP contribution is -2.34. The van der Waals surface area contributed by atoms with Crippen LogP contribution in [-0.2, 0) is 14.3 Å². The van der Waals surface area contributed by atoms with Crippen molar-refractivity contribution in [3.05, 3.63) is 0 Å². The second-order valence-corrected chi connectivity index (χ2v) is 6.77. The molecule has 94 valence electrons. The first-order valence-corrected chi connectivity index (χ1v) is 5.91. The van der Waals surface area contributed by atoms with Crippen LogP contribution >= 0.6 is 0 Å². The first-order valence-electron chi connectivity index (χ1n) is 5.91. The van der Waals surface area contributed by atoms with Crippen molar-refractivity contribution in [2.45, 2.75) is 60.4 Å². The molecule has 2 atom stereocenters. The van der Waals surface area contributed by atoms with Gasteiger partial charge in [-0.15, -0.1) is 0 Å². The van der Waals surface area contributed by atoms with Crippen molar-refractivity contribution in [3.63, 3.8) is 0 Å². The fourth-order valence-corrected chi connectivity index (χ4v) is 1.68. The Morgan fingerprint density at radius 2 is 1.75 bits per heavy atom. The molecule has 1 saturated heterocycles. The van der Waals surface area contributed by atoms with Gasteiger partial charge in [0.15, 0.2) is 12.1 Å². The lowest BCUT2D eigenvalue weighted by atomic mass is 9.88. The van der Waals surface area contributed by atoms with Crippen molar-refractivity contribution < 1.29 is 14.3 Å². The van der Waals surface area contributed by atoms with Crippen molar-refractivity contribution in [2.75, 3.05) is 6.61 Å². The molecule has 0 saturated carbocycles. The van der Waals surface area contributed by atoms with E-state index in [1.165, 1.54) is 0 Å². The molecular formula is C13H24O3. The Morgan fingerprint density at radius 1 is 1.19 bits per heavy atom. The van der Waals surface area contributed by atoms with E-state index in [1.807, 2.05) is 20.8 Å². The predicted molar refractivity (Wildman–Crippen MR) is 63.1 cm³/mol. The molecule has 3 heteroatoms. The second-order valence-electron chi connectivity index (χ2n) is 6.77. The van der Waals surface area contributed by atoms with Crippen LogP contribution in [0.15, 0.2) is 0 Å². The van der Waals surface area contributed by atoms with E-state index in [2.05, 4.69) is 20.8 Å². The van der Waals surface area contributed by atoms with E-state index in [4.69, 9.17) is 9.47 Å². The number of ether oxygens (including phenoxy) is 2. The van der Waals surface area contributed by atoms with Gasteiger partial charge < -0.3 is 9.47 Å². The number of carbonyl (C=O) groups is 1. The summed E-state index contributed by atoms with van der Waals surface area (Å²) in [6, 6.07) is 0. The van der Waals surface area contributed by atoms with Crippen molar-refractivity contribution in [1.82, 2.24) is 0 Å². The fourth-order valence-electron chi connectivity index (χ4n) is 1.68. The summed E-state index contributed by atoms with van der Waals surface area (Å²) in [5.74, 6) is 0.129. The van der Waals surface area contributed by atoms with Crippen LogP contribution in [0.4, 0.5) is 0 Å². The van der Waals surface area contributed by atoms with Gasteiger partial charge in [0.2, 0.25) is 0 Å². The summed E-state index contributed by atoms with van der Waals surface area (Å²) in [5.41, 5.74) is -0.199. The zero-order chi connectivity index (χ0) is 12.6. The lowest BCUT2D eigenvalue weighted by Gasteiger charge is -2.23. The third kappa shape index (κ3) is 3.87. The van der Waals surface area contributed by atoms with Gasteiger partial charge in [0.1, 0.15) is 6.10 Å². The molecule has 16 heavy (non-hydrogen) atoms. The van der Waals surface area contributed by atoms with E-state index in [9.17, 15) is 4.79 Å². The highest BCUT2D eigenvalue weighted by molar-refractivity contribution is 5.88. The first-order chi connectivity index (χ1) is 7.09. The van der Waals surface area contributed by atoms with E-state index in [1.54, 1.807) is 0 Å². The van der Waals surface area contributed by atoms with Gasteiger partial charge in [-0.25, -0.2) is 0 Å². The fraction of sp³-hybridized carbons (Fsp3) is 0.923. The number of ketones is 1. The Balaban J connectivity index is 2.50. The summed E-state index contributed by atoms with van der Waals surface area (Å²) in [4.78, 5) is 12.0. The standard InChI is InChI=1S/C13H24O3/c1-12(2,3)7-10-15-8-9(16-10)11(14)13(4,5)6/h9-10H,7-8H2,1-6H3. The van der Waals surface area contributed by atoms with Crippen molar-refractivity contribution >= 4 is 5.78 Å². The maximum atomic E-state index is 12.0. The van der Waals surface area contributed by atoms with E-state index in [0.717, 1.165) is 6.42 Å². The van der Waals surface area contributed by atoms with Gasteiger partial charge in [0.05, 0.1) is 6.61 Å². The Labute approximate surface area is 98.5 Å². The highest BCUT2D eigenvalue weighted by Crippen LogP contribution is 2.29. The molecule has 0 aliphatic carbocycles. The molecule has 1 aliphatic heterocycles. The number of hydrogen-bond donors (Lipinski definition) is 0. The van der Waals surface area contributed by atoms with Crippen LogP contribution in [0.3, 0.4) is 0 Å². The van der Waals surface area contributed by atoms with E-state index < -0.39 is 0 Å². The van der Waals surface area contributed by atoms with Crippen LogP contribution in [-0.4, -0.2) is 24.8 Å². The molecule has 1 fully saturated rings. The SMILES string of the molecule is CC(C)(C)CC1OCC(C(=O)C(C)(C)C)O1. The topological polar surface area (TPSA) is 35.5 Å². The van der Waals surface area contributed by atoms with Crippen molar-refractivity contribution in [3.8, 4) is 0 Å². The van der Waals surface area contributed by atoms with Gasteiger partial charge >= 0.3 is 0 Å². The highest BCUT2D eigenvalue weighted by Gasteiger charge is 2.38. The number of carbonyl (C=O) groups excluding carboxylic acids is 1. The first kappa shape index (κ1) is 13.7. The van der Waals surface area contributed by atoms with Crippen LogP contribution in [0.5, 0.6) is 0 Å². The zero-order valence-corrected chi connectivity index (χ0v) is 11.3. The molecule has 0 bridgehead atoms. The average molecular weight is 228 g/mol. The van der Waals surface area contributed by atoms with Gasteiger partial charge in [0, 0.05) is 11.8 Å². The van der Waals surface area contributed by atoms with E-state index in [-0.39, 0.29) is 29.0 Å². The third-order valence-corrected chi connectivity index (χ3v) is 2.56. The van der Waals surface area contributed by atoms with E-state index >= 15 is 0 Å². The molecule has 0 amide bonds. The summed E-state index contributed by atoms with van der Waals surface area (Å²) in [6.45, 7) is 12.5. The molecule has 1 rings (SSSR count). The molecular weight excluding hydrogens is 204 g/mol. The van der Waals surface area contributed by atoms with Crippen LogP contribution in [0.1, 0.15) is 48.0 Å². The molecule has 0 aromatic rings. The Morgan fingerprint density at radius 3 is 2.19 bits per heavy atom. The minimum Gasteiger partial charge on any atom is -0.349 e. The predicted octanol–water partition coefficient (Wildman–Crippen LogP) is 2.78. The quantitative estimate of drug-likeness (QED) is 0.729. The maximum absolute atomic E-state index is 12.0. The summed E-state index contributed by atoms with van der Waals surface area (Å²) in [6.07, 6.45) is 0.213. The van der Waals surface area contributed by atoms with Crippen LogP contribution in [0.2, 0.25) is 0 Å². The smallest absolute Gasteiger partial charge is 0.169 e. The van der Waals surface area contributed by atoms with Crippen LogP contribution in [0, 0.1) is 10.8 Å². The van der Waals surface area contributed by atoms with Crippen LogP contribution in [0.25, 0.3) is 0 Å². The minimum atomic E-state index is -0.382. The summed E-state index contributed by atoms with van der Waals surface area (Å²) in [7, 11) is 0. The number of Topliss-reactive ketones (excluding diaryl/α,β-unsaturated/α-hetero) is 1. The molecule has 0 N–H and O–H groups in total. The normalized spacial score (nSPS) is 27.1. The third-order valence-electron chi connectivity index (χ3n) is 2.56. The minimum absolute atomic E-state index is 0.129. The summed E-state index contributed by atoms with van der Waals surface area (Å²) in [5, 5.41) is 0. The molecule has 0 spiro atoms. The second kappa shape index (κ2) is 4.46. The van der Waals surface area contributed by atoms with Crippen molar-refractivity contribution in [1.29, 1.82) is 0 Å². The van der Waals surface area contributed by atoms with E-state index in [0.29, 0.717) is 6.61 Å². The molecule has 1 heterocycles. The van der Waals surface area contributed by atoms with Gasteiger partial charge in [-0.1, -0.05) is 41.5 Å². The monoisotopic (exact) mass is 228 g/mol. The lowest BCUT2D eigenvalue weighted by molar-refractivity contribution is -0.140. The summed E-state index contributed by atoms with van der Waals surface area (Å²) < 4.78 is 11.2. The molecule has 0 aromatic heterocycles. The summed E-state index contributed by atoms with van der Waals surface area (Å²) >= 11 is 0. The average Bonchev–Trinajstić information content (AvgIpc) is 2.46. The Bertz CT molecular complexity index is 257. The van der Waals surface area contributed by atoms with Gasteiger partial charge in [0.25, 0.3) is 0 Å². The largest absolute Gasteiger partial charge is 0.349 e. The Hall–Kier alpha value is -0.410. The zero-order valence-electron chi connectivity index (χ0n) is 11.3. The van der Waals surface area contributed by atoms with Crippen LogP contribution < -0.4 is 0 Å². The molecule has 3 nitrogen and oxygen atoms in total. The molecule has 0 radical (unpaired) electrons. The highest BCUT2D eigenvalue weighted by atomic mass is 16.7. The molecule has 0 aromatic carbocycles. The number of rotatable bonds is 2. The van der Waals surface area contributed by atoms with Gasteiger partial charge in [-0.05, 0) is 5.41 Å². The molecule has 1 aliphatic rings. The van der Waals surface area contributed by atoms with Gasteiger partial charge in [-0.2, -0.15) is 0 Å². The maximum Gasteiger partial charge on any atom is 0.169 e. The number of hydrogen-bond acceptors (Lipinski definition) is 3. The van der Waals surface area contributed by atoms with Crippen molar-refractivity contribution in [2.24, 2.45) is 10.8 Å². The Kier molecular flexibility index (Phi) is 3.80. The molecule has 2 unspecified atom stereocenters. The van der Waals surface area contributed by atoms with Gasteiger partial charge in [-0.3, -0.25) is 4.79 Å².